The van der Waals surface area contributed by atoms with Crippen molar-refractivity contribution in [2.24, 2.45) is 0 Å². The fraction of sp³-hybridized carbons (Fsp3) is 0.176. The number of aromatic nitrogens is 3. The van der Waals surface area contributed by atoms with Crippen LogP contribution in [0.3, 0.4) is 0 Å². The van der Waals surface area contributed by atoms with E-state index in [1.54, 1.807) is 24.3 Å². The number of nitrogens with one attached hydrogen (secondary N) is 2. The number of hydrogen-bond donors (Lipinski definition) is 4. The number of anilines is 2. The molecule has 9 heteroatoms. The van der Waals surface area contributed by atoms with Gasteiger partial charge in [0.15, 0.2) is 0 Å². The molecule has 3 heterocycles. The first-order chi connectivity index (χ1) is 12.7. The van der Waals surface area contributed by atoms with Crippen molar-refractivity contribution in [3.05, 3.63) is 47.7 Å². The zero-order valence-corrected chi connectivity index (χ0v) is 13.7. The Kier molecular flexibility index (Phi) is 5.28. The van der Waals surface area contributed by atoms with E-state index in [1.165, 1.54) is 5.56 Å². The Balaban J connectivity index is 0.000000613. The minimum atomic E-state index is -0.250. The molecule has 0 aliphatic carbocycles. The molecule has 0 unspecified atom stereocenters. The molecule has 2 aromatic heterocycles. The van der Waals surface area contributed by atoms with Crippen LogP contribution < -0.4 is 10.6 Å². The number of phenols is 1. The Morgan fingerprint density at radius 2 is 1.96 bits per heavy atom. The van der Waals surface area contributed by atoms with Gasteiger partial charge < -0.3 is 25.3 Å². The number of carbonyl (C=O) groups is 1. The maximum absolute atomic E-state index is 9.29. The Bertz CT molecular complexity index is 879. The second-order valence-corrected chi connectivity index (χ2v) is 5.41. The molecule has 4 N–H and O–H groups in total. The molecule has 3 aromatic rings. The molecule has 1 aromatic carbocycles. The summed E-state index contributed by atoms with van der Waals surface area (Å²) in [4.78, 5) is 12.9. The molecule has 4 rings (SSSR count). The predicted octanol–water partition coefficient (Wildman–Crippen LogP) is 2.12. The van der Waals surface area contributed by atoms with E-state index < -0.39 is 0 Å². The van der Waals surface area contributed by atoms with Crippen LogP contribution in [0.25, 0.3) is 11.5 Å². The van der Waals surface area contributed by atoms with Gasteiger partial charge >= 0.3 is 6.01 Å². The van der Waals surface area contributed by atoms with Crippen LogP contribution >= 0.6 is 0 Å². The second kappa shape index (κ2) is 7.97. The summed E-state index contributed by atoms with van der Waals surface area (Å²) in [6.45, 7) is 1.20. The minimum absolute atomic E-state index is 0.197. The first-order valence-corrected chi connectivity index (χ1v) is 7.87. The molecule has 134 valence electrons. The second-order valence-electron chi connectivity index (χ2n) is 5.41. The van der Waals surface area contributed by atoms with Crippen LogP contribution in [-0.2, 0) is 17.8 Å². The number of hydrogen-bond acceptors (Lipinski definition) is 8. The van der Waals surface area contributed by atoms with Gasteiger partial charge in [-0.3, -0.25) is 4.79 Å². The summed E-state index contributed by atoms with van der Waals surface area (Å²) in [6.07, 6.45) is 1.02. The van der Waals surface area contributed by atoms with Gasteiger partial charge in [-0.05, 0) is 42.3 Å². The number of fused-ring (bicyclic) bond motifs is 1. The third-order valence-corrected chi connectivity index (χ3v) is 3.68. The van der Waals surface area contributed by atoms with Gasteiger partial charge in [-0.1, -0.05) is 11.2 Å². The van der Waals surface area contributed by atoms with E-state index in [9.17, 15) is 5.11 Å². The molecule has 0 fully saturated rings. The van der Waals surface area contributed by atoms with Crippen molar-refractivity contribution < 1.29 is 19.4 Å². The molecular weight excluding hydrogens is 338 g/mol. The van der Waals surface area contributed by atoms with Crippen LogP contribution in [0.15, 0.2) is 40.8 Å². The van der Waals surface area contributed by atoms with Crippen LogP contribution in [0.2, 0.25) is 0 Å². The number of nitrogens with zero attached hydrogens (tertiary/aromatic N) is 3. The molecule has 0 saturated heterocycles. The van der Waals surface area contributed by atoms with Crippen molar-refractivity contribution in [2.75, 3.05) is 17.2 Å². The molecule has 0 spiro atoms. The van der Waals surface area contributed by atoms with Crippen molar-refractivity contribution >= 4 is 18.3 Å². The number of rotatable bonds is 4. The lowest BCUT2D eigenvalue weighted by Gasteiger charge is -2.04. The van der Waals surface area contributed by atoms with Crippen LogP contribution in [0, 0.1) is 0 Å². The Labute approximate surface area is 148 Å². The Morgan fingerprint density at radius 1 is 1.19 bits per heavy atom. The quantitative estimate of drug-likeness (QED) is 0.519. The number of pyridine rings is 1. The van der Waals surface area contributed by atoms with E-state index in [-0.39, 0.29) is 12.2 Å². The van der Waals surface area contributed by atoms with Gasteiger partial charge in [0.25, 0.3) is 6.47 Å². The zero-order chi connectivity index (χ0) is 18.4. The molecule has 0 bridgehead atoms. The normalized spacial score (nSPS) is 11.7. The summed E-state index contributed by atoms with van der Waals surface area (Å²) >= 11 is 0. The van der Waals surface area contributed by atoms with Crippen molar-refractivity contribution in [1.29, 1.82) is 0 Å². The summed E-state index contributed by atoms with van der Waals surface area (Å²) in [5.41, 5.74) is 2.91. The monoisotopic (exact) mass is 355 g/mol. The van der Waals surface area contributed by atoms with Crippen LogP contribution in [-0.4, -0.2) is 38.4 Å². The predicted molar refractivity (Wildman–Crippen MR) is 93.8 cm³/mol. The van der Waals surface area contributed by atoms with Gasteiger partial charge in [0.05, 0.1) is 12.2 Å². The van der Waals surface area contributed by atoms with E-state index in [0.717, 1.165) is 30.0 Å². The largest absolute Gasteiger partial charge is 0.508 e. The molecule has 0 amide bonds. The topological polar surface area (TPSA) is 133 Å². The first kappa shape index (κ1) is 17.2. The highest BCUT2D eigenvalue weighted by molar-refractivity contribution is 5.54. The van der Waals surface area contributed by atoms with E-state index in [0.29, 0.717) is 18.5 Å². The molecule has 0 radical (unpaired) electrons. The van der Waals surface area contributed by atoms with Gasteiger partial charge in [-0.15, -0.1) is 5.10 Å². The van der Waals surface area contributed by atoms with Gasteiger partial charge in [-0.25, -0.2) is 4.98 Å². The van der Waals surface area contributed by atoms with Gasteiger partial charge in [-0.2, -0.15) is 0 Å². The number of aromatic hydroxyl groups is 1. The lowest BCUT2D eigenvalue weighted by atomic mass is 10.2. The first-order valence-electron chi connectivity index (χ1n) is 7.87. The van der Waals surface area contributed by atoms with Crippen molar-refractivity contribution in [3.63, 3.8) is 0 Å². The minimum Gasteiger partial charge on any atom is -0.508 e. The van der Waals surface area contributed by atoms with Gasteiger partial charge in [0.1, 0.15) is 11.6 Å². The third-order valence-electron chi connectivity index (χ3n) is 3.68. The highest BCUT2D eigenvalue weighted by atomic mass is 16.4. The third kappa shape index (κ3) is 4.07. The fourth-order valence-corrected chi connectivity index (χ4v) is 2.48. The van der Waals surface area contributed by atoms with Crippen LogP contribution in [0.1, 0.15) is 11.3 Å². The zero-order valence-electron chi connectivity index (χ0n) is 13.7. The fourth-order valence-electron chi connectivity index (χ4n) is 2.48. The summed E-state index contributed by atoms with van der Waals surface area (Å²) < 4.78 is 5.57. The average Bonchev–Trinajstić information content (AvgIpc) is 3.30. The molecule has 0 saturated carbocycles. The Hall–Kier alpha value is -3.62. The number of phenolic OH excluding ortho intramolecular Hbond substituents is 1. The lowest BCUT2D eigenvalue weighted by molar-refractivity contribution is -0.122. The van der Waals surface area contributed by atoms with E-state index in [4.69, 9.17) is 14.3 Å². The average molecular weight is 355 g/mol. The van der Waals surface area contributed by atoms with E-state index in [1.807, 2.05) is 6.07 Å². The summed E-state index contributed by atoms with van der Waals surface area (Å²) in [6, 6.07) is 11.0. The standard InChI is InChI=1S/C16H15N5O2.CH2O2/c22-13-5-2-11(3-6-13)15-20-21-16(23-15)18-9-12-4-1-10-7-8-17-14(10)19-12;2-1-3/h1-6,22H,7-9H2,(H,17,19)(H,18,21);1H,(H,2,3). The number of carboxylic acid groups (broad SMARTS) is 1. The van der Waals surface area contributed by atoms with E-state index >= 15 is 0 Å². The highest BCUT2D eigenvalue weighted by Gasteiger charge is 2.12. The molecular formula is C17H17N5O4. The van der Waals surface area contributed by atoms with Crippen LogP contribution in [0.4, 0.5) is 11.8 Å². The van der Waals surface area contributed by atoms with Crippen molar-refractivity contribution in [2.45, 2.75) is 13.0 Å². The molecule has 1 aliphatic heterocycles. The maximum atomic E-state index is 9.29. The van der Waals surface area contributed by atoms with Gasteiger partial charge in [0.2, 0.25) is 5.89 Å². The molecule has 1 aliphatic rings. The van der Waals surface area contributed by atoms with Gasteiger partial charge in [0, 0.05) is 12.1 Å². The highest BCUT2D eigenvalue weighted by Crippen LogP contribution is 2.23. The smallest absolute Gasteiger partial charge is 0.316 e. The summed E-state index contributed by atoms with van der Waals surface area (Å²) in [5, 5.41) is 30.5. The molecule has 26 heavy (non-hydrogen) atoms. The maximum Gasteiger partial charge on any atom is 0.316 e. The lowest BCUT2D eigenvalue weighted by Crippen LogP contribution is -2.03. The summed E-state index contributed by atoms with van der Waals surface area (Å²) in [7, 11) is 0. The van der Waals surface area contributed by atoms with Crippen molar-refractivity contribution in [1.82, 2.24) is 15.2 Å². The summed E-state index contributed by atoms with van der Waals surface area (Å²) in [5.74, 6) is 1.55. The number of benzene rings is 1. The molecule has 9 nitrogen and oxygen atoms in total. The Morgan fingerprint density at radius 3 is 2.73 bits per heavy atom. The SMILES string of the molecule is O=CO.Oc1ccc(-c2nnc(NCc3ccc4c(n3)NCC4)o2)cc1. The molecule has 0 atom stereocenters. The van der Waals surface area contributed by atoms with Crippen LogP contribution in [0.5, 0.6) is 5.75 Å². The van der Waals surface area contributed by atoms with Crippen molar-refractivity contribution in [3.8, 4) is 17.2 Å². The van der Waals surface area contributed by atoms with E-state index in [2.05, 4.69) is 31.9 Å².